The Morgan fingerprint density at radius 2 is 2.30 bits per heavy atom. The molecule has 7 heteroatoms. The minimum Gasteiger partial charge on any atom is -0.480 e. The summed E-state index contributed by atoms with van der Waals surface area (Å²) >= 11 is 0. The van der Waals surface area contributed by atoms with Crippen LogP contribution in [0.3, 0.4) is 0 Å². The number of ether oxygens (including phenoxy) is 1. The average molecular weight is 321 g/mol. The van der Waals surface area contributed by atoms with Crippen LogP contribution < -0.4 is 0 Å². The normalized spacial score (nSPS) is 21.4. The highest BCUT2D eigenvalue weighted by molar-refractivity contribution is 5.84. The molecule has 126 valence electrons. The van der Waals surface area contributed by atoms with E-state index < -0.39 is 12.0 Å². The maximum Gasteiger partial charge on any atom is 0.326 e. The van der Waals surface area contributed by atoms with Gasteiger partial charge in [-0.1, -0.05) is 6.07 Å². The van der Waals surface area contributed by atoms with Gasteiger partial charge in [-0.3, -0.25) is 14.7 Å². The molecule has 1 saturated heterocycles. The predicted molar refractivity (Wildman–Crippen MR) is 83.7 cm³/mol. The molecular formula is C16H23N3O4. The van der Waals surface area contributed by atoms with Crippen molar-refractivity contribution >= 4 is 11.9 Å². The first-order valence-electron chi connectivity index (χ1n) is 7.63. The molecule has 2 atom stereocenters. The number of aromatic nitrogens is 1. The quantitative estimate of drug-likeness (QED) is 0.826. The molecule has 1 fully saturated rings. The lowest BCUT2D eigenvalue weighted by Crippen LogP contribution is -2.55. The zero-order chi connectivity index (χ0) is 16.8. The summed E-state index contributed by atoms with van der Waals surface area (Å²) in [6.45, 7) is 1.05. The summed E-state index contributed by atoms with van der Waals surface area (Å²) in [5.41, 5.74) is 1.08. The Hall–Kier alpha value is -1.99. The topological polar surface area (TPSA) is 83.0 Å². The third-order valence-corrected chi connectivity index (χ3v) is 4.23. The van der Waals surface area contributed by atoms with Crippen molar-refractivity contribution in [2.45, 2.75) is 31.5 Å². The van der Waals surface area contributed by atoms with Gasteiger partial charge in [0.05, 0.1) is 0 Å². The fourth-order valence-corrected chi connectivity index (χ4v) is 2.99. The Labute approximate surface area is 135 Å². The van der Waals surface area contributed by atoms with Crippen molar-refractivity contribution in [2.24, 2.45) is 0 Å². The highest BCUT2D eigenvalue weighted by Crippen LogP contribution is 2.23. The summed E-state index contributed by atoms with van der Waals surface area (Å²) in [6, 6.07) is 3.20. The Morgan fingerprint density at radius 3 is 2.91 bits per heavy atom. The van der Waals surface area contributed by atoms with Crippen molar-refractivity contribution < 1.29 is 19.4 Å². The number of nitrogens with zero attached hydrogens (tertiary/aromatic N) is 3. The highest BCUT2D eigenvalue weighted by atomic mass is 16.5. The van der Waals surface area contributed by atoms with Gasteiger partial charge in [0.15, 0.2) is 0 Å². The molecule has 0 unspecified atom stereocenters. The van der Waals surface area contributed by atoms with Crippen molar-refractivity contribution in [2.75, 3.05) is 27.3 Å². The number of carbonyl (C=O) groups excluding carboxylic acids is 1. The number of carbonyl (C=O) groups is 2. The Morgan fingerprint density at radius 1 is 1.52 bits per heavy atom. The summed E-state index contributed by atoms with van der Waals surface area (Å²) in [4.78, 5) is 31.2. The van der Waals surface area contributed by atoms with E-state index in [-0.39, 0.29) is 18.6 Å². The third kappa shape index (κ3) is 4.49. The van der Waals surface area contributed by atoms with Gasteiger partial charge >= 0.3 is 5.97 Å². The summed E-state index contributed by atoms with van der Waals surface area (Å²) in [7, 11) is 3.41. The summed E-state index contributed by atoms with van der Waals surface area (Å²) in [6.07, 6.45) is 4.70. The molecule has 0 aliphatic carbocycles. The molecule has 23 heavy (non-hydrogen) atoms. The van der Waals surface area contributed by atoms with Gasteiger partial charge < -0.3 is 14.7 Å². The van der Waals surface area contributed by atoms with Crippen LogP contribution in [0.5, 0.6) is 0 Å². The maximum atomic E-state index is 12.0. The fourth-order valence-electron chi connectivity index (χ4n) is 2.99. The molecule has 1 aromatic rings. The van der Waals surface area contributed by atoms with Crippen LogP contribution in [0.25, 0.3) is 0 Å². The van der Waals surface area contributed by atoms with E-state index >= 15 is 0 Å². The molecular weight excluding hydrogens is 298 g/mol. The second-order valence-electron chi connectivity index (χ2n) is 5.83. The molecule has 1 amide bonds. The first-order valence-corrected chi connectivity index (χ1v) is 7.63. The molecule has 0 aromatic carbocycles. The number of carboxylic acid groups (broad SMARTS) is 1. The van der Waals surface area contributed by atoms with E-state index in [0.717, 1.165) is 12.0 Å². The average Bonchev–Trinajstić information content (AvgIpc) is 2.55. The Kier molecular flexibility index (Phi) is 6.06. The molecule has 7 nitrogen and oxygen atoms in total. The lowest BCUT2D eigenvalue weighted by Gasteiger charge is -2.40. The van der Waals surface area contributed by atoms with Crippen LogP contribution in [0, 0.1) is 0 Å². The SMILES string of the molecule is COCC(=O)N1CC[C@@H](N(C)Cc2cccnc2)C[C@@H]1C(=O)O. The zero-order valence-electron chi connectivity index (χ0n) is 13.5. The van der Waals surface area contributed by atoms with Crippen molar-refractivity contribution in [3.05, 3.63) is 30.1 Å². The van der Waals surface area contributed by atoms with Crippen LogP contribution in [0.4, 0.5) is 0 Å². The van der Waals surface area contributed by atoms with Crippen LogP contribution >= 0.6 is 0 Å². The summed E-state index contributed by atoms with van der Waals surface area (Å²) in [5, 5.41) is 9.45. The van der Waals surface area contributed by atoms with Crippen molar-refractivity contribution in [1.29, 1.82) is 0 Å². The molecule has 1 aliphatic rings. The Bertz CT molecular complexity index is 537. The van der Waals surface area contributed by atoms with Gasteiger partial charge in [-0.25, -0.2) is 4.79 Å². The zero-order valence-corrected chi connectivity index (χ0v) is 13.5. The second kappa shape index (κ2) is 8.03. The van der Waals surface area contributed by atoms with Crippen LogP contribution in [0.1, 0.15) is 18.4 Å². The molecule has 0 saturated carbocycles. The number of carboxylic acids is 1. The van der Waals surface area contributed by atoms with Crippen LogP contribution in [0.15, 0.2) is 24.5 Å². The minimum atomic E-state index is -0.964. The molecule has 1 N–H and O–H groups in total. The van der Waals surface area contributed by atoms with Crippen molar-refractivity contribution in [3.8, 4) is 0 Å². The third-order valence-electron chi connectivity index (χ3n) is 4.23. The molecule has 0 spiro atoms. The standard InChI is InChI=1S/C16H23N3O4/c1-18(10-12-4-3-6-17-9-12)13-5-7-19(15(20)11-23-2)14(8-13)16(21)22/h3-4,6,9,13-14H,5,7-8,10-11H2,1-2H3,(H,21,22)/t13-,14-/m1/s1. The van der Waals surface area contributed by atoms with E-state index in [9.17, 15) is 14.7 Å². The first-order chi connectivity index (χ1) is 11.0. The molecule has 0 radical (unpaired) electrons. The number of hydrogen-bond acceptors (Lipinski definition) is 5. The van der Waals surface area contributed by atoms with E-state index in [4.69, 9.17) is 4.74 Å². The molecule has 2 rings (SSSR count). The number of rotatable bonds is 6. The lowest BCUT2D eigenvalue weighted by atomic mass is 9.95. The molecule has 2 heterocycles. The maximum absolute atomic E-state index is 12.0. The molecule has 0 bridgehead atoms. The van der Waals surface area contributed by atoms with Crippen molar-refractivity contribution in [1.82, 2.24) is 14.8 Å². The number of likely N-dealkylation sites (tertiary alicyclic amines) is 1. The predicted octanol–water partition coefficient (Wildman–Crippen LogP) is 0.604. The van der Waals surface area contributed by atoms with E-state index in [1.165, 1.54) is 12.0 Å². The van der Waals surface area contributed by atoms with Gasteiger partial charge in [-0.05, 0) is 31.5 Å². The number of amides is 1. The first kappa shape index (κ1) is 17.4. The van der Waals surface area contributed by atoms with E-state index in [1.54, 1.807) is 6.20 Å². The van der Waals surface area contributed by atoms with E-state index in [2.05, 4.69) is 9.88 Å². The van der Waals surface area contributed by atoms with E-state index in [1.807, 2.05) is 25.4 Å². The van der Waals surface area contributed by atoms with Gasteiger partial charge in [-0.2, -0.15) is 0 Å². The van der Waals surface area contributed by atoms with Gasteiger partial charge in [0.2, 0.25) is 5.91 Å². The largest absolute Gasteiger partial charge is 0.480 e. The Balaban J connectivity index is 2.01. The van der Waals surface area contributed by atoms with Crippen LogP contribution in [-0.2, 0) is 20.9 Å². The van der Waals surface area contributed by atoms with Gasteiger partial charge in [-0.15, -0.1) is 0 Å². The number of piperidine rings is 1. The van der Waals surface area contributed by atoms with Crippen molar-refractivity contribution in [3.63, 3.8) is 0 Å². The summed E-state index contributed by atoms with van der Waals surface area (Å²) < 4.78 is 4.84. The highest BCUT2D eigenvalue weighted by Gasteiger charge is 2.37. The minimum absolute atomic E-state index is 0.0834. The van der Waals surface area contributed by atoms with E-state index in [0.29, 0.717) is 19.5 Å². The number of methoxy groups -OCH3 is 1. The van der Waals surface area contributed by atoms with Crippen LogP contribution in [-0.4, -0.2) is 71.2 Å². The van der Waals surface area contributed by atoms with Gasteiger partial charge in [0.1, 0.15) is 12.6 Å². The van der Waals surface area contributed by atoms with Crippen LogP contribution in [0.2, 0.25) is 0 Å². The molecule has 1 aliphatic heterocycles. The monoisotopic (exact) mass is 321 g/mol. The number of pyridine rings is 1. The summed E-state index contributed by atoms with van der Waals surface area (Å²) in [5.74, 6) is -1.23. The number of aliphatic carboxylic acids is 1. The molecule has 1 aromatic heterocycles. The fraction of sp³-hybridized carbons (Fsp3) is 0.562. The smallest absolute Gasteiger partial charge is 0.326 e. The lowest BCUT2D eigenvalue weighted by molar-refractivity contribution is -0.155. The van der Waals surface area contributed by atoms with Gasteiger partial charge in [0, 0.05) is 38.6 Å². The van der Waals surface area contributed by atoms with Gasteiger partial charge in [0.25, 0.3) is 0 Å². The number of hydrogen-bond donors (Lipinski definition) is 1. The second-order valence-corrected chi connectivity index (χ2v) is 5.83.